The third kappa shape index (κ3) is 4.16. The van der Waals surface area contributed by atoms with E-state index in [0.717, 1.165) is 30.0 Å². The van der Waals surface area contributed by atoms with Crippen molar-refractivity contribution in [3.8, 4) is 17.0 Å². The fourth-order valence-electron chi connectivity index (χ4n) is 1.95. The first-order valence-electron chi connectivity index (χ1n) is 7.27. The summed E-state index contributed by atoms with van der Waals surface area (Å²) in [4.78, 5) is 11.7. The monoisotopic (exact) mass is 287 g/mol. The van der Waals surface area contributed by atoms with Crippen LogP contribution in [0.5, 0.6) is 5.75 Å². The van der Waals surface area contributed by atoms with Crippen LogP contribution in [0.15, 0.2) is 35.1 Å². The molecule has 0 amide bonds. The van der Waals surface area contributed by atoms with Crippen molar-refractivity contribution in [3.63, 3.8) is 0 Å². The number of hydrogen-bond donors (Lipinski definition) is 2. The Morgan fingerprint density at radius 1 is 1.29 bits per heavy atom. The fraction of sp³-hybridized carbons (Fsp3) is 0.375. The van der Waals surface area contributed by atoms with E-state index in [1.165, 1.54) is 0 Å². The van der Waals surface area contributed by atoms with Crippen molar-refractivity contribution in [2.45, 2.75) is 26.8 Å². The standard InChI is InChI=1S/C16H21N3O2/c1-3-8-21-14-7-5-6-12(9-14)15-10-13(11-17-4-2)16(20)19-18-15/h5-7,9-10,17H,3-4,8,11H2,1-2H3,(H,19,20). The van der Waals surface area contributed by atoms with Gasteiger partial charge in [0.15, 0.2) is 0 Å². The number of hydrogen-bond acceptors (Lipinski definition) is 4. The second-order valence-corrected chi connectivity index (χ2v) is 4.76. The van der Waals surface area contributed by atoms with Gasteiger partial charge in [-0.15, -0.1) is 0 Å². The molecule has 1 heterocycles. The van der Waals surface area contributed by atoms with Gasteiger partial charge in [0.2, 0.25) is 0 Å². The number of benzene rings is 1. The second kappa shape index (κ2) is 7.59. The summed E-state index contributed by atoms with van der Waals surface area (Å²) >= 11 is 0. The number of nitrogens with zero attached hydrogens (tertiary/aromatic N) is 1. The Kier molecular flexibility index (Phi) is 5.51. The summed E-state index contributed by atoms with van der Waals surface area (Å²) in [6.45, 7) is 6.12. The zero-order valence-corrected chi connectivity index (χ0v) is 12.5. The molecule has 0 saturated heterocycles. The van der Waals surface area contributed by atoms with Crippen LogP contribution in [0.1, 0.15) is 25.8 Å². The van der Waals surface area contributed by atoms with Gasteiger partial charge in [-0.2, -0.15) is 5.10 Å². The van der Waals surface area contributed by atoms with Crippen LogP contribution >= 0.6 is 0 Å². The smallest absolute Gasteiger partial charge is 0.268 e. The minimum Gasteiger partial charge on any atom is -0.494 e. The molecule has 0 bridgehead atoms. The average molecular weight is 287 g/mol. The Balaban J connectivity index is 2.26. The van der Waals surface area contributed by atoms with Gasteiger partial charge in [0.05, 0.1) is 12.3 Å². The van der Waals surface area contributed by atoms with Crippen LogP contribution < -0.4 is 15.6 Å². The molecule has 0 fully saturated rings. The maximum atomic E-state index is 11.7. The van der Waals surface area contributed by atoms with Gasteiger partial charge in [-0.3, -0.25) is 4.79 Å². The molecule has 5 nitrogen and oxygen atoms in total. The lowest BCUT2D eigenvalue weighted by Gasteiger charge is -2.07. The molecular weight excluding hydrogens is 266 g/mol. The Hall–Kier alpha value is -2.14. The normalized spacial score (nSPS) is 10.6. The van der Waals surface area contributed by atoms with Crippen molar-refractivity contribution in [1.29, 1.82) is 0 Å². The van der Waals surface area contributed by atoms with Crippen LogP contribution in [0.3, 0.4) is 0 Å². The van der Waals surface area contributed by atoms with Crippen molar-refractivity contribution < 1.29 is 4.74 Å². The van der Waals surface area contributed by atoms with E-state index < -0.39 is 0 Å². The molecule has 0 unspecified atom stereocenters. The number of aromatic nitrogens is 2. The zero-order valence-electron chi connectivity index (χ0n) is 12.5. The van der Waals surface area contributed by atoms with Crippen LogP contribution in [-0.2, 0) is 6.54 Å². The predicted molar refractivity (Wildman–Crippen MR) is 83.5 cm³/mol. The van der Waals surface area contributed by atoms with Crippen molar-refractivity contribution in [2.24, 2.45) is 0 Å². The lowest BCUT2D eigenvalue weighted by atomic mass is 10.1. The summed E-state index contributed by atoms with van der Waals surface area (Å²) in [5.41, 5.74) is 2.20. The topological polar surface area (TPSA) is 67.0 Å². The molecule has 0 aliphatic rings. The summed E-state index contributed by atoms with van der Waals surface area (Å²) in [7, 11) is 0. The van der Waals surface area contributed by atoms with E-state index in [1.54, 1.807) is 0 Å². The lowest BCUT2D eigenvalue weighted by molar-refractivity contribution is 0.317. The molecule has 1 aromatic carbocycles. The third-order valence-corrected chi connectivity index (χ3v) is 3.05. The Morgan fingerprint density at radius 3 is 2.90 bits per heavy atom. The largest absolute Gasteiger partial charge is 0.494 e. The first-order chi connectivity index (χ1) is 10.2. The molecule has 21 heavy (non-hydrogen) atoms. The molecule has 2 N–H and O–H groups in total. The number of rotatable bonds is 7. The molecule has 0 aliphatic heterocycles. The Morgan fingerprint density at radius 2 is 2.14 bits per heavy atom. The predicted octanol–water partition coefficient (Wildman–Crippen LogP) is 2.34. The number of ether oxygens (including phenoxy) is 1. The van der Waals surface area contributed by atoms with Gasteiger partial charge in [-0.25, -0.2) is 5.10 Å². The van der Waals surface area contributed by atoms with E-state index in [4.69, 9.17) is 4.74 Å². The van der Waals surface area contributed by atoms with Crippen LogP contribution in [0.4, 0.5) is 0 Å². The van der Waals surface area contributed by atoms with Crippen LogP contribution in [0, 0.1) is 0 Å². The average Bonchev–Trinajstić information content (AvgIpc) is 2.52. The summed E-state index contributed by atoms with van der Waals surface area (Å²) < 4.78 is 5.62. The van der Waals surface area contributed by atoms with Crippen molar-refractivity contribution >= 4 is 0 Å². The first-order valence-corrected chi connectivity index (χ1v) is 7.27. The van der Waals surface area contributed by atoms with E-state index in [0.29, 0.717) is 18.7 Å². The highest BCUT2D eigenvalue weighted by Gasteiger charge is 2.06. The van der Waals surface area contributed by atoms with Crippen molar-refractivity contribution in [1.82, 2.24) is 15.5 Å². The first kappa shape index (κ1) is 15.3. The van der Waals surface area contributed by atoms with E-state index in [2.05, 4.69) is 22.4 Å². The molecule has 0 spiro atoms. The van der Waals surface area contributed by atoms with E-state index in [9.17, 15) is 4.79 Å². The minimum absolute atomic E-state index is 0.155. The highest BCUT2D eigenvalue weighted by Crippen LogP contribution is 2.22. The molecule has 0 aliphatic carbocycles. The Labute approximate surface area is 124 Å². The number of aromatic amines is 1. The van der Waals surface area contributed by atoms with Gasteiger partial charge in [-0.1, -0.05) is 26.0 Å². The van der Waals surface area contributed by atoms with Gasteiger partial charge in [0, 0.05) is 17.7 Å². The number of nitrogens with one attached hydrogen (secondary N) is 2. The highest BCUT2D eigenvalue weighted by atomic mass is 16.5. The van der Waals surface area contributed by atoms with E-state index in [1.807, 2.05) is 37.3 Å². The van der Waals surface area contributed by atoms with Crippen LogP contribution in [-0.4, -0.2) is 23.3 Å². The van der Waals surface area contributed by atoms with Crippen LogP contribution in [0.25, 0.3) is 11.3 Å². The maximum absolute atomic E-state index is 11.7. The molecule has 0 saturated carbocycles. The molecule has 112 valence electrons. The summed E-state index contributed by atoms with van der Waals surface area (Å²) in [5.74, 6) is 0.815. The second-order valence-electron chi connectivity index (χ2n) is 4.76. The summed E-state index contributed by atoms with van der Waals surface area (Å²) in [6, 6.07) is 9.56. The fourth-order valence-corrected chi connectivity index (χ4v) is 1.95. The Bertz CT molecular complexity index is 637. The van der Waals surface area contributed by atoms with Crippen molar-refractivity contribution in [3.05, 3.63) is 46.2 Å². The zero-order chi connectivity index (χ0) is 15.1. The van der Waals surface area contributed by atoms with Gasteiger partial charge >= 0.3 is 0 Å². The molecule has 2 aromatic rings. The summed E-state index contributed by atoms with van der Waals surface area (Å²) in [6.07, 6.45) is 0.966. The highest BCUT2D eigenvalue weighted by molar-refractivity contribution is 5.61. The SMILES string of the molecule is CCCOc1cccc(-c2cc(CNCC)c(=O)[nH]n2)c1. The molecule has 0 atom stereocenters. The molecule has 0 radical (unpaired) electrons. The van der Waals surface area contributed by atoms with E-state index >= 15 is 0 Å². The molecule has 5 heteroatoms. The molecular formula is C16H21N3O2. The van der Waals surface area contributed by atoms with E-state index in [-0.39, 0.29) is 5.56 Å². The number of H-pyrrole nitrogens is 1. The van der Waals surface area contributed by atoms with Gasteiger partial charge in [-0.05, 0) is 31.2 Å². The maximum Gasteiger partial charge on any atom is 0.268 e. The van der Waals surface area contributed by atoms with Gasteiger partial charge < -0.3 is 10.1 Å². The quantitative estimate of drug-likeness (QED) is 0.820. The summed E-state index contributed by atoms with van der Waals surface area (Å²) in [5, 5.41) is 9.82. The minimum atomic E-state index is -0.155. The third-order valence-electron chi connectivity index (χ3n) is 3.05. The van der Waals surface area contributed by atoms with Crippen LogP contribution in [0.2, 0.25) is 0 Å². The lowest BCUT2D eigenvalue weighted by Crippen LogP contribution is -2.21. The van der Waals surface area contributed by atoms with Gasteiger partial charge in [0.1, 0.15) is 5.75 Å². The van der Waals surface area contributed by atoms with Gasteiger partial charge in [0.25, 0.3) is 5.56 Å². The van der Waals surface area contributed by atoms with Crippen molar-refractivity contribution in [2.75, 3.05) is 13.2 Å². The molecule has 2 rings (SSSR count). The molecule has 1 aromatic heterocycles.